The Labute approximate surface area is 93.9 Å². The number of aryl methyl sites for hydroxylation is 1. The van der Waals surface area contributed by atoms with E-state index in [1.54, 1.807) is 6.07 Å². The molecule has 0 bridgehead atoms. The topological polar surface area (TPSA) is 112 Å². The molecule has 0 amide bonds. The van der Waals surface area contributed by atoms with E-state index in [2.05, 4.69) is 19.9 Å². The number of nitrogens with zero attached hydrogens (tertiary/aromatic N) is 3. The van der Waals surface area contributed by atoms with Crippen molar-refractivity contribution in [2.24, 2.45) is 0 Å². The molecule has 0 fully saturated rings. The average molecular weight is 243 g/mol. The highest BCUT2D eigenvalue weighted by Gasteiger charge is 2.18. The summed E-state index contributed by atoms with van der Waals surface area (Å²) in [5.41, 5.74) is 0. The number of nitrogens with one attached hydrogen (secondary N) is 2. The Balaban J connectivity index is 2.29. The first-order valence-corrected chi connectivity index (χ1v) is 6.33. The molecule has 0 aliphatic heterocycles. The van der Waals surface area contributed by atoms with Crippen molar-refractivity contribution in [2.75, 3.05) is 6.54 Å². The van der Waals surface area contributed by atoms with Crippen molar-refractivity contribution < 1.29 is 8.42 Å². The lowest BCUT2D eigenvalue weighted by Crippen LogP contribution is -2.32. The highest BCUT2D eigenvalue weighted by atomic mass is 32.2. The third-order valence-corrected chi connectivity index (χ3v) is 3.65. The summed E-state index contributed by atoms with van der Waals surface area (Å²) in [6.45, 7) is 1.63. The summed E-state index contributed by atoms with van der Waals surface area (Å²) in [5.74, 6) is 0.715. The van der Waals surface area contributed by atoms with Crippen LogP contribution in [0.3, 0.4) is 0 Å². The Morgan fingerprint density at radius 2 is 2.44 bits per heavy atom. The summed E-state index contributed by atoms with van der Waals surface area (Å²) in [7, 11) is -3.51. The molecular formula is C8H13N5O2S. The Morgan fingerprint density at radius 1 is 1.69 bits per heavy atom. The summed E-state index contributed by atoms with van der Waals surface area (Å²) in [5, 5.41) is 13.8. The van der Waals surface area contributed by atoms with Crippen molar-refractivity contribution in [3.05, 3.63) is 12.2 Å². The van der Waals surface area contributed by atoms with Crippen LogP contribution in [0.25, 0.3) is 0 Å². The minimum Gasteiger partial charge on any atom is -0.263 e. The van der Waals surface area contributed by atoms with E-state index in [1.807, 2.05) is 0 Å². The van der Waals surface area contributed by atoms with Gasteiger partial charge in [0, 0.05) is 13.0 Å². The van der Waals surface area contributed by atoms with Crippen molar-refractivity contribution in [2.45, 2.75) is 25.0 Å². The summed E-state index contributed by atoms with van der Waals surface area (Å²) < 4.78 is 25.1. The number of hydrogen-bond acceptors (Lipinski definition) is 5. The molecule has 1 aromatic rings. The van der Waals surface area contributed by atoms with Gasteiger partial charge < -0.3 is 0 Å². The number of aromatic amines is 1. The molecule has 1 rings (SSSR count). The molecule has 2 N–H and O–H groups in total. The SMILES string of the molecule is CC(C#N)S(=O)(=O)NCCCc1ncn[nH]1. The molecule has 0 aliphatic rings. The van der Waals surface area contributed by atoms with E-state index in [1.165, 1.54) is 13.3 Å². The summed E-state index contributed by atoms with van der Waals surface area (Å²) >= 11 is 0. The van der Waals surface area contributed by atoms with Crippen LogP contribution in [0.4, 0.5) is 0 Å². The van der Waals surface area contributed by atoms with Crippen molar-refractivity contribution in [1.82, 2.24) is 19.9 Å². The molecule has 1 unspecified atom stereocenters. The van der Waals surface area contributed by atoms with Gasteiger partial charge in [-0.3, -0.25) is 5.10 Å². The molecule has 8 heteroatoms. The fourth-order valence-corrected chi connectivity index (χ4v) is 1.83. The molecule has 88 valence electrons. The second-order valence-electron chi connectivity index (χ2n) is 3.25. The van der Waals surface area contributed by atoms with Gasteiger partial charge in [0.05, 0.1) is 6.07 Å². The number of hydrogen-bond donors (Lipinski definition) is 2. The van der Waals surface area contributed by atoms with Crippen molar-refractivity contribution in [3.63, 3.8) is 0 Å². The number of rotatable bonds is 6. The van der Waals surface area contributed by atoms with Crippen LogP contribution >= 0.6 is 0 Å². The second kappa shape index (κ2) is 5.58. The van der Waals surface area contributed by atoms with Crippen molar-refractivity contribution in [3.8, 4) is 6.07 Å². The molecular weight excluding hydrogens is 230 g/mol. The molecule has 1 atom stereocenters. The zero-order chi connectivity index (χ0) is 12.0. The van der Waals surface area contributed by atoms with Gasteiger partial charge in [-0.05, 0) is 13.3 Å². The number of H-pyrrole nitrogens is 1. The predicted octanol–water partition coefficient (Wildman–Crippen LogP) is -0.431. The third kappa shape index (κ3) is 3.60. The van der Waals surface area contributed by atoms with Crippen LogP contribution in [-0.2, 0) is 16.4 Å². The van der Waals surface area contributed by atoms with Crippen LogP contribution in [-0.4, -0.2) is 35.4 Å². The number of nitriles is 1. The van der Waals surface area contributed by atoms with Crippen LogP contribution in [0.5, 0.6) is 0 Å². The van der Waals surface area contributed by atoms with Gasteiger partial charge in [0.2, 0.25) is 10.0 Å². The lowest BCUT2D eigenvalue weighted by Gasteiger charge is -2.06. The largest absolute Gasteiger partial charge is 0.263 e. The van der Waals surface area contributed by atoms with Gasteiger partial charge in [0.15, 0.2) is 5.25 Å². The average Bonchev–Trinajstić information content (AvgIpc) is 2.76. The first-order chi connectivity index (χ1) is 7.56. The molecule has 0 saturated carbocycles. The smallest absolute Gasteiger partial charge is 0.227 e. The Hall–Kier alpha value is -1.46. The maximum absolute atomic E-state index is 11.4. The summed E-state index contributed by atoms with van der Waals surface area (Å²) in [6, 6.07) is 1.68. The number of sulfonamides is 1. The van der Waals surface area contributed by atoms with Crippen molar-refractivity contribution >= 4 is 10.0 Å². The normalized spacial score (nSPS) is 13.2. The maximum Gasteiger partial charge on any atom is 0.227 e. The Morgan fingerprint density at radius 3 is 3.00 bits per heavy atom. The van der Waals surface area contributed by atoms with E-state index < -0.39 is 15.3 Å². The van der Waals surface area contributed by atoms with Crippen LogP contribution < -0.4 is 4.72 Å². The quantitative estimate of drug-likeness (QED) is 0.658. The second-order valence-corrected chi connectivity index (χ2v) is 5.33. The van der Waals surface area contributed by atoms with Crippen LogP contribution in [0.2, 0.25) is 0 Å². The fourth-order valence-electron chi connectivity index (χ4n) is 1.02. The van der Waals surface area contributed by atoms with E-state index in [9.17, 15) is 8.42 Å². The zero-order valence-corrected chi connectivity index (χ0v) is 9.66. The summed E-state index contributed by atoms with van der Waals surface area (Å²) in [6.07, 6.45) is 2.62. The Kier molecular flexibility index (Phi) is 4.39. The molecule has 1 aromatic heterocycles. The van der Waals surface area contributed by atoms with Crippen LogP contribution in [0, 0.1) is 11.3 Å². The highest BCUT2D eigenvalue weighted by molar-refractivity contribution is 7.90. The summed E-state index contributed by atoms with van der Waals surface area (Å²) in [4.78, 5) is 3.91. The minimum absolute atomic E-state index is 0.287. The lowest BCUT2D eigenvalue weighted by atomic mass is 10.3. The fraction of sp³-hybridized carbons (Fsp3) is 0.625. The van der Waals surface area contributed by atoms with Gasteiger partial charge >= 0.3 is 0 Å². The van der Waals surface area contributed by atoms with Gasteiger partial charge in [-0.25, -0.2) is 18.1 Å². The molecule has 16 heavy (non-hydrogen) atoms. The molecule has 0 aliphatic carbocycles. The first kappa shape index (κ1) is 12.6. The number of aromatic nitrogens is 3. The van der Waals surface area contributed by atoms with E-state index in [0.717, 1.165) is 0 Å². The van der Waals surface area contributed by atoms with E-state index in [-0.39, 0.29) is 6.54 Å². The molecule has 0 spiro atoms. The van der Waals surface area contributed by atoms with Crippen LogP contribution in [0.1, 0.15) is 19.2 Å². The molecule has 0 radical (unpaired) electrons. The van der Waals surface area contributed by atoms with Crippen molar-refractivity contribution in [1.29, 1.82) is 5.26 Å². The highest BCUT2D eigenvalue weighted by Crippen LogP contribution is 1.97. The third-order valence-electron chi connectivity index (χ3n) is 2.01. The molecule has 7 nitrogen and oxygen atoms in total. The molecule has 0 aromatic carbocycles. The Bertz CT molecular complexity index is 447. The standard InChI is InChI=1S/C8H13N5O2S/c1-7(5-9)16(14,15)12-4-2-3-8-10-6-11-13-8/h6-7,12H,2-4H2,1H3,(H,10,11,13). The van der Waals surface area contributed by atoms with Gasteiger partial charge in [0.1, 0.15) is 12.2 Å². The van der Waals surface area contributed by atoms with Crippen LogP contribution in [0.15, 0.2) is 6.33 Å². The van der Waals surface area contributed by atoms with E-state index in [0.29, 0.717) is 18.7 Å². The minimum atomic E-state index is -3.51. The monoisotopic (exact) mass is 243 g/mol. The van der Waals surface area contributed by atoms with Gasteiger partial charge in [-0.1, -0.05) is 0 Å². The zero-order valence-electron chi connectivity index (χ0n) is 8.84. The van der Waals surface area contributed by atoms with Gasteiger partial charge in [-0.2, -0.15) is 10.4 Å². The van der Waals surface area contributed by atoms with E-state index in [4.69, 9.17) is 5.26 Å². The first-order valence-electron chi connectivity index (χ1n) is 4.78. The molecule has 0 saturated heterocycles. The predicted molar refractivity (Wildman–Crippen MR) is 56.7 cm³/mol. The van der Waals surface area contributed by atoms with Gasteiger partial charge in [-0.15, -0.1) is 0 Å². The maximum atomic E-state index is 11.4. The lowest BCUT2D eigenvalue weighted by molar-refractivity contribution is 0.574. The van der Waals surface area contributed by atoms with E-state index >= 15 is 0 Å². The molecule has 1 heterocycles. The van der Waals surface area contributed by atoms with Gasteiger partial charge in [0.25, 0.3) is 0 Å².